The lowest BCUT2D eigenvalue weighted by molar-refractivity contribution is -0.151. The van der Waals surface area contributed by atoms with E-state index in [1.54, 1.807) is 4.90 Å². The number of benzene rings is 2. The summed E-state index contributed by atoms with van der Waals surface area (Å²) in [7, 11) is 0. The lowest BCUT2D eigenvalue weighted by atomic mass is 9.98. The molecule has 2 amide bonds. The van der Waals surface area contributed by atoms with Gasteiger partial charge in [-0.1, -0.05) is 67.8 Å². The van der Waals surface area contributed by atoms with Crippen molar-refractivity contribution < 1.29 is 24.2 Å². The van der Waals surface area contributed by atoms with Crippen LogP contribution in [-0.4, -0.2) is 53.7 Å². The monoisotopic (exact) mass is 476 g/mol. The number of rotatable bonds is 6. The third kappa shape index (κ3) is 4.90. The number of carbonyl (C=O) groups is 3. The van der Waals surface area contributed by atoms with Crippen molar-refractivity contribution in [2.75, 3.05) is 19.7 Å². The highest BCUT2D eigenvalue weighted by Crippen LogP contribution is 2.44. The molecule has 1 unspecified atom stereocenters. The van der Waals surface area contributed by atoms with Crippen molar-refractivity contribution in [3.8, 4) is 11.1 Å². The molecule has 1 saturated heterocycles. The molecule has 2 aromatic carbocycles. The molecule has 184 valence electrons. The van der Waals surface area contributed by atoms with Crippen LogP contribution in [0.4, 0.5) is 4.79 Å². The Morgan fingerprint density at radius 2 is 1.60 bits per heavy atom. The smallest absolute Gasteiger partial charge is 0.407 e. The largest absolute Gasteiger partial charge is 0.480 e. The van der Waals surface area contributed by atoms with E-state index >= 15 is 0 Å². The van der Waals surface area contributed by atoms with E-state index in [2.05, 4.69) is 29.6 Å². The normalized spacial score (nSPS) is 23.4. The van der Waals surface area contributed by atoms with Crippen LogP contribution in [0, 0.1) is 11.8 Å². The SMILES string of the molecule is O=C(NC[C@H]1C[C@H]1C(=O)N1CCCCCCC1C(=O)O)OCC1c2ccccc2-c2ccccc21. The minimum Gasteiger partial charge on any atom is -0.480 e. The van der Waals surface area contributed by atoms with Gasteiger partial charge in [-0.25, -0.2) is 9.59 Å². The quantitative estimate of drug-likeness (QED) is 0.644. The molecule has 0 aromatic heterocycles. The first-order valence-corrected chi connectivity index (χ1v) is 12.7. The van der Waals surface area contributed by atoms with Gasteiger partial charge in [-0.05, 0) is 47.4 Å². The summed E-state index contributed by atoms with van der Waals surface area (Å²) in [6, 6.07) is 15.7. The molecular formula is C28H32N2O5. The fourth-order valence-corrected chi connectivity index (χ4v) is 5.66. The summed E-state index contributed by atoms with van der Waals surface area (Å²) in [6.45, 7) is 1.11. The highest BCUT2D eigenvalue weighted by atomic mass is 16.5. The van der Waals surface area contributed by atoms with Gasteiger partial charge in [0.05, 0.1) is 0 Å². The predicted molar refractivity (Wildman–Crippen MR) is 131 cm³/mol. The molecular weight excluding hydrogens is 444 g/mol. The number of aliphatic carboxylic acids is 1. The summed E-state index contributed by atoms with van der Waals surface area (Å²) >= 11 is 0. The van der Waals surface area contributed by atoms with Crippen molar-refractivity contribution in [1.29, 1.82) is 0 Å². The van der Waals surface area contributed by atoms with E-state index in [-0.39, 0.29) is 30.3 Å². The minimum atomic E-state index is -0.922. The molecule has 1 saturated carbocycles. The van der Waals surface area contributed by atoms with Gasteiger partial charge in [-0.15, -0.1) is 0 Å². The number of nitrogens with zero attached hydrogens (tertiary/aromatic N) is 1. The molecule has 35 heavy (non-hydrogen) atoms. The van der Waals surface area contributed by atoms with Crippen LogP contribution in [0.5, 0.6) is 0 Å². The van der Waals surface area contributed by atoms with E-state index in [1.807, 2.05) is 24.3 Å². The summed E-state index contributed by atoms with van der Waals surface area (Å²) in [5.41, 5.74) is 4.69. The molecule has 2 N–H and O–H groups in total. The number of carboxylic acids is 1. The van der Waals surface area contributed by atoms with Gasteiger partial charge in [0, 0.05) is 24.9 Å². The second-order valence-corrected chi connectivity index (χ2v) is 9.90. The second kappa shape index (κ2) is 10.1. The molecule has 1 heterocycles. The molecule has 0 spiro atoms. The lowest BCUT2D eigenvalue weighted by Crippen LogP contribution is -2.47. The summed E-state index contributed by atoms with van der Waals surface area (Å²) in [6.07, 6.45) is 4.40. The Bertz CT molecular complexity index is 1070. The molecule has 7 heteroatoms. The van der Waals surface area contributed by atoms with Crippen molar-refractivity contribution in [2.45, 2.75) is 50.5 Å². The lowest BCUT2D eigenvalue weighted by Gasteiger charge is -2.31. The number of ether oxygens (including phenoxy) is 1. The molecule has 0 bridgehead atoms. The van der Waals surface area contributed by atoms with E-state index in [0.717, 1.165) is 36.8 Å². The van der Waals surface area contributed by atoms with Crippen LogP contribution in [0.25, 0.3) is 11.1 Å². The van der Waals surface area contributed by atoms with Crippen molar-refractivity contribution in [2.24, 2.45) is 11.8 Å². The summed E-state index contributed by atoms with van der Waals surface area (Å²) in [5.74, 6) is -1.19. The van der Waals surface area contributed by atoms with Gasteiger partial charge < -0.3 is 20.1 Å². The molecule has 3 atom stereocenters. The van der Waals surface area contributed by atoms with E-state index in [0.29, 0.717) is 25.9 Å². The molecule has 2 aliphatic carbocycles. The zero-order valence-corrected chi connectivity index (χ0v) is 19.8. The Hall–Kier alpha value is -3.35. The van der Waals surface area contributed by atoms with Gasteiger partial charge in [0.1, 0.15) is 12.6 Å². The average Bonchev–Trinajstić information content (AvgIpc) is 3.56. The van der Waals surface area contributed by atoms with Crippen LogP contribution in [0.1, 0.15) is 55.6 Å². The first-order valence-electron chi connectivity index (χ1n) is 12.7. The summed E-state index contributed by atoms with van der Waals surface area (Å²) in [5, 5.41) is 12.4. The maximum absolute atomic E-state index is 13.0. The Balaban J connectivity index is 1.12. The topological polar surface area (TPSA) is 95.9 Å². The van der Waals surface area contributed by atoms with Crippen LogP contribution in [0.15, 0.2) is 48.5 Å². The zero-order chi connectivity index (χ0) is 24.4. The Labute approximate surface area is 205 Å². The first kappa shape index (κ1) is 23.4. The number of carboxylic acid groups (broad SMARTS) is 1. The zero-order valence-electron chi connectivity index (χ0n) is 19.8. The van der Waals surface area contributed by atoms with Crippen molar-refractivity contribution >= 4 is 18.0 Å². The number of likely N-dealkylation sites (tertiary alicyclic amines) is 1. The second-order valence-electron chi connectivity index (χ2n) is 9.90. The number of hydrogen-bond acceptors (Lipinski definition) is 4. The number of carbonyl (C=O) groups excluding carboxylic acids is 2. The number of nitrogens with one attached hydrogen (secondary N) is 1. The minimum absolute atomic E-state index is 0.00321. The molecule has 3 aliphatic rings. The predicted octanol–water partition coefficient (Wildman–Crippen LogP) is 4.41. The van der Waals surface area contributed by atoms with E-state index in [4.69, 9.17) is 4.74 Å². The van der Waals surface area contributed by atoms with Gasteiger partial charge >= 0.3 is 12.1 Å². The summed E-state index contributed by atoms with van der Waals surface area (Å²) in [4.78, 5) is 38.8. The van der Waals surface area contributed by atoms with Gasteiger partial charge in [0.2, 0.25) is 5.91 Å². The van der Waals surface area contributed by atoms with E-state index < -0.39 is 18.1 Å². The third-order valence-electron chi connectivity index (χ3n) is 7.66. The number of alkyl carbamates (subject to hydrolysis) is 1. The molecule has 2 aromatic rings. The number of fused-ring (bicyclic) bond motifs is 3. The third-order valence-corrected chi connectivity index (χ3v) is 7.66. The molecule has 5 rings (SSSR count). The van der Waals surface area contributed by atoms with Gasteiger partial charge in [0.25, 0.3) is 0 Å². The highest BCUT2D eigenvalue weighted by Gasteiger charge is 2.47. The average molecular weight is 477 g/mol. The van der Waals surface area contributed by atoms with Crippen LogP contribution in [0.2, 0.25) is 0 Å². The van der Waals surface area contributed by atoms with Gasteiger partial charge in [-0.2, -0.15) is 0 Å². The van der Waals surface area contributed by atoms with Crippen molar-refractivity contribution in [3.63, 3.8) is 0 Å². The van der Waals surface area contributed by atoms with Crippen molar-refractivity contribution in [3.05, 3.63) is 59.7 Å². The standard InChI is InChI=1S/C28H32N2O5/c31-26(30-14-8-2-1-3-13-25(30)27(32)33)23-15-18(23)16-29-28(34)35-17-24-21-11-6-4-9-19(21)20-10-5-7-12-22(20)24/h4-7,9-12,18,23-25H,1-3,8,13-17H2,(H,29,34)(H,32,33)/t18-,23-,25?/m1/s1. The maximum Gasteiger partial charge on any atom is 0.407 e. The summed E-state index contributed by atoms with van der Waals surface area (Å²) < 4.78 is 5.59. The highest BCUT2D eigenvalue weighted by molar-refractivity contribution is 5.87. The fourth-order valence-electron chi connectivity index (χ4n) is 5.66. The number of amides is 2. The Morgan fingerprint density at radius 1 is 0.943 bits per heavy atom. The van der Waals surface area contributed by atoms with Crippen molar-refractivity contribution in [1.82, 2.24) is 10.2 Å². The first-order chi connectivity index (χ1) is 17.0. The maximum atomic E-state index is 13.0. The molecule has 7 nitrogen and oxygen atoms in total. The Kier molecular flexibility index (Phi) is 6.75. The molecule has 0 radical (unpaired) electrons. The van der Waals surface area contributed by atoms with Crippen LogP contribution >= 0.6 is 0 Å². The van der Waals surface area contributed by atoms with Crippen LogP contribution in [-0.2, 0) is 14.3 Å². The van der Waals surface area contributed by atoms with Crippen LogP contribution in [0.3, 0.4) is 0 Å². The van der Waals surface area contributed by atoms with E-state index in [1.165, 1.54) is 11.1 Å². The fraction of sp³-hybridized carbons (Fsp3) is 0.464. The Morgan fingerprint density at radius 3 is 2.29 bits per heavy atom. The van der Waals surface area contributed by atoms with Crippen LogP contribution < -0.4 is 5.32 Å². The van der Waals surface area contributed by atoms with Gasteiger partial charge in [-0.3, -0.25) is 4.79 Å². The van der Waals surface area contributed by atoms with E-state index in [9.17, 15) is 19.5 Å². The van der Waals surface area contributed by atoms with Gasteiger partial charge in [0.15, 0.2) is 0 Å². The molecule has 1 aliphatic heterocycles. The number of hydrogen-bond donors (Lipinski definition) is 2. The molecule has 2 fully saturated rings.